The lowest BCUT2D eigenvalue weighted by Crippen LogP contribution is -2.44. The number of aromatic hydroxyl groups is 2. The highest BCUT2D eigenvalue weighted by atomic mass is 16.3. The van der Waals surface area contributed by atoms with Crippen LogP contribution in [0.1, 0.15) is 180 Å². The summed E-state index contributed by atoms with van der Waals surface area (Å²) in [5, 5.41) is 27.0. The highest BCUT2D eigenvalue weighted by Gasteiger charge is 2.60. The van der Waals surface area contributed by atoms with Gasteiger partial charge in [0, 0.05) is 49.6 Å². The SMILES string of the molecule is CCCc1cc2c(cc1O)CCC1C2CC[C@]2(C)C(=O)C[C@@H](CCCC(=O)NCc3ccccc3)C12.CCc1cc2c(cc1O)CCC1C2CC[C@]2(C)C(=O)C[C@@H](CCCC(=O)NCc3ccccc3)C12. The lowest BCUT2D eigenvalue weighted by molar-refractivity contribution is -0.130. The summed E-state index contributed by atoms with van der Waals surface area (Å²) in [4.78, 5) is 51.5. The van der Waals surface area contributed by atoms with Crippen LogP contribution in [0.25, 0.3) is 0 Å². The molecule has 4 aromatic rings. The van der Waals surface area contributed by atoms with E-state index in [9.17, 15) is 29.4 Å². The summed E-state index contributed by atoms with van der Waals surface area (Å²) >= 11 is 0. The molecule has 4 N–H and O–H groups in total. The number of phenolic OH excluding ortho intramolecular Hbond substituents is 2. The van der Waals surface area contributed by atoms with E-state index in [1.165, 1.54) is 22.3 Å². The van der Waals surface area contributed by atoms with Crippen LogP contribution in [0, 0.1) is 46.3 Å². The van der Waals surface area contributed by atoms with Crippen molar-refractivity contribution in [3.05, 3.63) is 129 Å². The molecule has 8 nitrogen and oxygen atoms in total. The molecule has 4 fully saturated rings. The van der Waals surface area contributed by atoms with E-state index >= 15 is 0 Å². The normalized spacial score (nSPS) is 29.0. The van der Waals surface area contributed by atoms with Gasteiger partial charge in [0.05, 0.1) is 0 Å². The Morgan fingerprint density at radius 3 is 1.48 bits per heavy atom. The summed E-state index contributed by atoms with van der Waals surface area (Å²) in [6.07, 6.45) is 17.0. The van der Waals surface area contributed by atoms with Gasteiger partial charge in [-0.25, -0.2) is 0 Å². The number of ketones is 2. The van der Waals surface area contributed by atoms with Gasteiger partial charge in [0.25, 0.3) is 0 Å². The zero-order chi connectivity index (χ0) is 49.9. The predicted octanol–water partition coefficient (Wildman–Crippen LogP) is 12.6. The minimum atomic E-state index is -0.206. The molecule has 8 heteroatoms. The minimum absolute atomic E-state index is 0.0981. The van der Waals surface area contributed by atoms with E-state index in [-0.39, 0.29) is 22.6 Å². The van der Waals surface area contributed by atoms with Gasteiger partial charge >= 0.3 is 0 Å². The molecule has 6 aliphatic carbocycles. The van der Waals surface area contributed by atoms with E-state index in [0.29, 0.717) is 109 Å². The number of hydrogen-bond acceptors (Lipinski definition) is 6. The van der Waals surface area contributed by atoms with Gasteiger partial charge in [0.2, 0.25) is 11.8 Å². The lowest BCUT2D eigenvalue weighted by Gasteiger charge is -2.50. The standard InChI is InChI=1S/C32H41NO3.C31H39NO3/c1-3-8-23-17-27-22(18-28(23)34)13-14-26-25(27)15-16-32(2)29(35)19-24(31(26)32)11-7-12-30(36)33-20-21-9-5-4-6-10-21;1-3-21-16-26-22(17-27(21)33)12-13-25-24(26)14-15-31(2)28(34)18-23(30(25)31)10-7-11-29(35)32-19-20-8-5-4-6-9-20/h4-6,9-10,17-18,24-26,31,34H,3,7-8,11-16,19-20H2,1-2H3,(H,33,36);4-6,8-9,16-17,23-25,30,33H,3,7,10-15,18-19H2,1-2H3,(H,32,35)/t24-,25?,26?,31?,32-;23-,24?,25?,30?,31-/m11/s1. The third kappa shape index (κ3) is 10.5. The number of rotatable bonds is 15. The van der Waals surface area contributed by atoms with Crippen LogP contribution in [0.15, 0.2) is 84.9 Å². The molecule has 6 unspecified atom stereocenters. The number of aryl methyl sites for hydroxylation is 4. The molecule has 4 aromatic carbocycles. The summed E-state index contributed by atoms with van der Waals surface area (Å²) in [6, 6.07) is 28.6. The quantitative estimate of drug-likeness (QED) is 0.0938. The van der Waals surface area contributed by atoms with Crippen molar-refractivity contribution >= 4 is 23.4 Å². The topological polar surface area (TPSA) is 133 Å². The molecule has 0 aliphatic heterocycles. The smallest absolute Gasteiger partial charge is 0.220 e. The van der Waals surface area contributed by atoms with Gasteiger partial charge in [-0.2, -0.15) is 0 Å². The minimum Gasteiger partial charge on any atom is -0.508 e. The first kappa shape index (κ1) is 50.7. The number of Topliss-reactive ketones (excluding diaryl/α,β-unsaturated/α-hetero) is 2. The Bertz CT molecular complexity index is 2560. The maximum absolute atomic E-state index is 13.3. The van der Waals surface area contributed by atoms with E-state index in [1.807, 2.05) is 72.8 Å². The number of fused-ring (bicyclic) bond motifs is 10. The molecule has 0 bridgehead atoms. The second-order valence-electron chi connectivity index (χ2n) is 23.1. The van der Waals surface area contributed by atoms with Gasteiger partial charge in [-0.3, -0.25) is 19.2 Å². The fourth-order valence-corrected chi connectivity index (χ4v) is 15.5. The van der Waals surface area contributed by atoms with Crippen LogP contribution in [0.5, 0.6) is 11.5 Å². The Morgan fingerprint density at radius 2 is 1.04 bits per heavy atom. The third-order valence-electron chi connectivity index (χ3n) is 19.1. The zero-order valence-electron chi connectivity index (χ0n) is 43.1. The average molecular weight is 961 g/mol. The van der Waals surface area contributed by atoms with Crippen LogP contribution in [0.4, 0.5) is 0 Å². The van der Waals surface area contributed by atoms with Crippen molar-refractivity contribution in [3.63, 3.8) is 0 Å². The highest BCUT2D eigenvalue weighted by Crippen LogP contribution is 2.64. The first-order valence-electron chi connectivity index (χ1n) is 27.7. The first-order valence-corrected chi connectivity index (χ1v) is 27.7. The van der Waals surface area contributed by atoms with Gasteiger partial charge in [-0.05, 0) is 194 Å². The summed E-state index contributed by atoms with van der Waals surface area (Å²) in [5.41, 5.74) is 9.42. The Labute approximate surface area is 423 Å². The molecule has 4 saturated carbocycles. The summed E-state index contributed by atoms with van der Waals surface area (Å²) in [5.74, 6) is 5.60. The number of nitrogens with one attached hydrogen (secondary N) is 2. The summed E-state index contributed by atoms with van der Waals surface area (Å²) < 4.78 is 0. The average Bonchev–Trinajstić information content (AvgIpc) is 3.79. The number of carbonyl (C=O) groups excluding carboxylic acids is 4. The number of benzene rings is 4. The van der Waals surface area contributed by atoms with E-state index in [1.54, 1.807) is 0 Å². The molecule has 10 rings (SSSR count). The van der Waals surface area contributed by atoms with Crippen molar-refractivity contribution in [2.24, 2.45) is 46.3 Å². The Hall–Kier alpha value is -5.24. The first-order chi connectivity index (χ1) is 34.3. The van der Waals surface area contributed by atoms with Gasteiger partial charge < -0.3 is 20.8 Å². The fraction of sp³-hybridized carbons (Fsp3) is 0.556. The number of amides is 2. The van der Waals surface area contributed by atoms with E-state index in [2.05, 4.69) is 50.5 Å². The van der Waals surface area contributed by atoms with Gasteiger partial charge in [0.15, 0.2) is 0 Å². The van der Waals surface area contributed by atoms with Gasteiger partial charge in [0.1, 0.15) is 23.1 Å². The predicted molar refractivity (Wildman–Crippen MR) is 281 cm³/mol. The highest BCUT2D eigenvalue weighted by molar-refractivity contribution is 5.88. The number of hydrogen-bond donors (Lipinski definition) is 4. The van der Waals surface area contributed by atoms with Crippen LogP contribution in [-0.2, 0) is 58.0 Å². The van der Waals surface area contributed by atoms with E-state index in [4.69, 9.17) is 0 Å². The Morgan fingerprint density at radius 1 is 0.606 bits per heavy atom. The molecule has 0 spiro atoms. The van der Waals surface area contributed by atoms with Crippen LogP contribution in [-0.4, -0.2) is 33.6 Å². The third-order valence-corrected chi connectivity index (χ3v) is 19.1. The summed E-state index contributed by atoms with van der Waals surface area (Å²) in [6.45, 7) is 9.86. The van der Waals surface area contributed by atoms with Crippen LogP contribution in [0.2, 0.25) is 0 Å². The molecule has 0 radical (unpaired) electrons. The molecule has 0 saturated heterocycles. The van der Waals surface area contributed by atoms with Crippen LogP contribution < -0.4 is 10.6 Å². The second-order valence-corrected chi connectivity index (χ2v) is 23.1. The molecule has 6 aliphatic rings. The van der Waals surface area contributed by atoms with Crippen LogP contribution >= 0.6 is 0 Å². The molecule has 378 valence electrons. The second kappa shape index (κ2) is 21.9. The molecular formula is C63H80N2O6. The largest absolute Gasteiger partial charge is 0.508 e. The summed E-state index contributed by atoms with van der Waals surface area (Å²) in [7, 11) is 0. The molecule has 71 heavy (non-hydrogen) atoms. The van der Waals surface area contributed by atoms with Crippen molar-refractivity contribution in [3.8, 4) is 11.5 Å². The molecule has 10 atom stereocenters. The fourth-order valence-electron chi connectivity index (χ4n) is 15.5. The van der Waals surface area contributed by atoms with E-state index < -0.39 is 0 Å². The van der Waals surface area contributed by atoms with Crippen LogP contribution in [0.3, 0.4) is 0 Å². The van der Waals surface area contributed by atoms with Crippen molar-refractivity contribution < 1.29 is 29.4 Å². The monoisotopic (exact) mass is 961 g/mol. The Kier molecular flexibility index (Phi) is 15.6. The molecular weight excluding hydrogens is 881 g/mol. The van der Waals surface area contributed by atoms with Crippen molar-refractivity contribution in [2.45, 2.75) is 175 Å². The van der Waals surface area contributed by atoms with Crippen molar-refractivity contribution in [1.82, 2.24) is 10.6 Å². The van der Waals surface area contributed by atoms with E-state index in [0.717, 1.165) is 119 Å². The van der Waals surface area contributed by atoms with Gasteiger partial charge in [-0.15, -0.1) is 0 Å². The lowest BCUT2D eigenvalue weighted by atomic mass is 9.54. The van der Waals surface area contributed by atoms with Crippen molar-refractivity contribution in [1.29, 1.82) is 0 Å². The zero-order valence-corrected chi connectivity index (χ0v) is 43.1. The molecule has 2 amide bonds. The Balaban J connectivity index is 0.000000176. The molecule has 0 aromatic heterocycles. The van der Waals surface area contributed by atoms with Crippen molar-refractivity contribution in [2.75, 3.05) is 0 Å². The maximum Gasteiger partial charge on any atom is 0.220 e. The number of carbonyl (C=O) groups is 4. The number of phenols is 2. The van der Waals surface area contributed by atoms with Gasteiger partial charge in [-0.1, -0.05) is 107 Å². The maximum atomic E-state index is 13.3. The molecule has 0 heterocycles.